The van der Waals surface area contributed by atoms with Crippen LogP contribution >= 0.6 is 0 Å². The van der Waals surface area contributed by atoms with Gasteiger partial charge in [-0.2, -0.15) is 0 Å². The highest BCUT2D eigenvalue weighted by Gasteiger charge is 2.40. The molecule has 2 aliphatic rings. The zero-order chi connectivity index (χ0) is 40.8. The van der Waals surface area contributed by atoms with Crippen LogP contribution in [0.5, 0.6) is 34.5 Å². The lowest BCUT2D eigenvalue weighted by atomic mass is 9.86. The van der Waals surface area contributed by atoms with E-state index in [1.807, 2.05) is 6.07 Å². The van der Waals surface area contributed by atoms with E-state index in [0.29, 0.717) is 19.1 Å². The summed E-state index contributed by atoms with van der Waals surface area (Å²) in [4.78, 5) is 12.6. The molecule has 0 aromatic heterocycles. The number of methoxy groups -OCH3 is 6. The maximum absolute atomic E-state index is 12.6. The number of benzene rings is 3. The van der Waals surface area contributed by atoms with Gasteiger partial charge < -0.3 is 90.1 Å². The molecule has 0 N–H and O–H groups in total. The van der Waals surface area contributed by atoms with Crippen LogP contribution in [0.25, 0.3) is 0 Å². The molecular weight excluding hydrogens is 974 g/mol. The summed E-state index contributed by atoms with van der Waals surface area (Å²) in [6, 6.07) is 15.2. The summed E-state index contributed by atoms with van der Waals surface area (Å²) in [6.07, 6.45) is 14.1. The number of carbonyl (C=O) groups excluding carboxylic acids is 1. The van der Waals surface area contributed by atoms with Crippen LogP contribution in [0.2, 0.25) is 0 Å². The molecule has 5 rings (SSSR count). The molecule has 12 heteroatoms. The molecule has 0 aliphatic carbocycles. The van der Waals surface area contributed by atoms with Crippen molar-refractivity contribution in [3.05, 3.63) is 70.3 Å². The third kappa shape index (κ3) is 13.7. The molecule has 0 fully saturated rings. The second-order valence-electron chi connectivity index (χ2n) is 16.6. The lowest BCUT2D eigenvalue weighted by Gasteiger charge is -2.46. The smallest absolute Gasteiger partial charge is 0.311 e. The Morgan fingerprint density at radius 3 is 1.69 bits per heavy atom. The van der Waals surface area contributed by atoms with E-state index in [4.69, 9.17) is 33.2 Å². The van der Waals surface area contributed by atoms with Crippen LogP contribution in [-0.4, -0.2) is 104 Å². The normalized spacial score (nSPS) is 19.2. The Labute approximate surface area is 388 Å². The number of unbranched alkanes of at least 4 members (excludes halogenated alkanes) is 8. The van der Waals surface area contributed by atoms with Crippen molar-refractivity contribution < 1.29 is 94.9 Å². The summed E-state index contributed by atoms with van der Waals surface area (Å²) in [5.74, 6) is 4.57. The topological polar surface area (TPSA) is 81.7 Å². The lowest BCUT2D eigenvalue weighted by molar-refractivity contribution is -0.941. The molecule has 10 nitrogen and oxygen atoms in total. The minimum Gasteiger partial charge on any atom is -1.00 e. The van der Waals surface area contributed by atoms with Gasteiger partial charge in [0.15, 0.2) is 34.5 Å². The number of quaternary nitrogens is 2. The molecule has 2 aliphatic heterocycles. The van der Waals surface area contributed by atoms with Crippen molar-refractivity contribution in [2.75, 3.05) is 89.5 Å². The Morgan fingerprint density at radius 1 is 0.576 bits per heavy atom. The predicted molar refractivity (Wildman–Crippen MR) is 225 cm³/mol. The quantitative estimate of drug-likeness (QED) is 0.0622. The van der Waals surface area contributed by atoms with Gasteiger partial charge in [0.25, 0.3) is 0 Å². The lowest BCUT2D eigenvalue weighted by Crippen LogP contribution is -3.00. The van der Waals surface area contributed by atoms with Crippen molar-refractivity contribution in [1.82, 2.24) is 0 Å². The first-order valence-electron chi connectivity index (χ1n) is 21.1. The summed E-state index contributed by atoms with van der Waals surface area (Å²) in [5.41, 5.74) is 6.53. The summed E-state index contributed by atoms with van der Waals surface area (Å²) >= 11 is 0. The Hall–Kier alpha value is -2.69. The minimum absolute atomic E-state index is 0. The number of hydrogen-bond acceptors (Lipinski definition) is 8. The summed E-state index contributed by atoms with van der Waals surface area (Å²) in [6.45, 7) is 5.42. The summed E-state index contributed by atoms with van der Waals surface area (Å²) in [7, 11) is 14.8. The molecule has 3 aromatic carbocycles. The number of likely N-dealkylation sites (N-methyl/N-ethyl adjacent to an activating group) is 2. The van der Waals surface area contributed by atoms with Gasteiger partial charge in [0, 0.05) is 30.4 Å². The van der Waals surface area contributed by atoms with E-state index < -0.39 is 0 Å². The molecule has 0 radical (unpaired) electrons. The molecule has 0 amide bonds. The Bertz CT molecular complexity index is 1780. The van der Waals surface area contributed by atoms with Gasteiger partial charge in [-0.05, 0) is 72.4 Å². The molecule has 330 valence electrons. The predicted octanol–water partition coefficient (Wildman–Crippen LogP) is 2.68. The highest BCUT2D eigenvalue weighted by atomic mass is 127. The standard InChI is InChI=1S/C47H70N2O8.2HI/c1-48(24-20-36-30-43(53-5)45(55-7)32-38(36)34-48)25-22-47(50)57-27-17-15-13-11-9-10-12-14-16-23-49(2)26-21-37-31-44(54-6)46(56-8)33-39(37)40(49)28-35-18-19-41(51-3)42(29-35)52-4;;/h18-19,29-33,40H,9-17,20-28,34H2,1-8H3;2*1H/q+2;;/p-2/t40-,48?,49?;;/m1../s1. The van der Waals surface area contributed by atoms with Gasteiger partial charge in [-0.15, -0.1) is 0 Å². The number of nitrogens with zero attached hydrogens (tertiary/aromatic N) is 2. The Morgan fingerprint density at radius 2 is 1.08 bits per heavy atom. The van der Waals surface area contributed by atoms with E-state index in [-0.39, 0.29) is 53.9 Å². The van der Waals surface area contributed by atoms with Crippen LogP contribution in [0, 0.1) is 0 Å². The maximum atomic E-state index is 12.6. The Balaban J connectivity index is 0.00000465. The number of hydrogen-bond donors (Lipinski definition) is 0. The van der Waals surface area contributed by atoms with Crippen molar-refractivity contribution in [2.24, 2.45) is 0 Å². The van der Waals surface area contributed by atoms with Crippen LogP contribution < -0.4 is 76.4 Å². The number of carbonyl (C=O) groups is 1. The summed E-state index contributed by atoms with van der Waals surface area (Å²) in [5, 5.41) is 0. The van der Waals surface area contributed by atoms with Gasteiger partial charge >= 0.3 is 5.97 Å². The molecule has 2 unspecified atom stereocenters. The van der Waals surface area contributed by atoms with E-state index in [9.17, 15) is 4.79 Å². The van der Waals surface area contributed by atoms with E-state index in [1.54, 1.807) is 42.7 Å². The molecule has 59 heavy (non-hydrogen) atoms. The zero-order valence-electron chi connectivity index (χ0n) is 37.0. The second-order valence-corrected chi connectivity index (χ2v) is 16.6. The third-order valence-corrected chi connectivity index (χ3v) is 12.6. The largest absolute Gasteiger partial charge is 1.00 e. The van der Waals surface area contributed by atoms with Gasteiger partial charge in [-0.25, -0.2) is 0 Å². The number of fused-ring (bicyclic) bond motifs is 2. The van der Waals surface area contributed by atoms with Gasteiger partial charge in [-0.1, -0.05) is 44.6 Å². The molecular formula is C47H70I2N2O8. The molecule has 0 saturated heterocycles. The van der Waals surface area contributed by atoms with Gasteiger partial charge in [0.1, 0.15) is 12.6 Å². The van der Waals surface area contributed by atoms with Crippen molar-refractivity contribution in [3.63, 3.8) is 0 Å². The fourth-order valence-electron chi connectivity index (χ4n) is 9.01. The molecule has 0 bridgehead atoms. The van der Waals surface area contributed by atoms with Crippen molar-refractivity contribution in [3.8, 4) is 34.5 Å². The van der Waals surface area contributed by atoms with E-state index in [2.05, 4.69) is 50.5 Å². The molecule has 2 heterocycles. The number of esters is 1. The summed E-state index contributed by atoms with van der Waals surface area (Å²) < 4.78 is 41.1. The van der Waals surface area contributed by atoms with Gasteiger partial charge in [-0.3, -0.25) is 4.79 Å². The Kier molecular flexibility index (Phi) is 21.2. The molecule has 0 saturated carbocycles. The average Bonchev–Trinajstić information content (AvgIpc) is 3.23. The van der Waals surface area contributed by atoms with Crippen LogP contribution in [0.3, 0.4) is 0 Å². The number of halogens is 2. The fraction of sp³-hybridized carbons (Fsp3) is 0.596. The van der Waals surface area contributed by atoms with Crippen molar-refractivity contribution in [2.45, 2.75) is 96.1 Å². The maximum Gasteiger partial charge on any atom is 0.311 e. The van der Waals surface area contributed by atoms with Crippen LogP contribution in [-0.2, 0) is 35.3 Å². The SMILES string of the molecule is COc1ccc(C[C@@H]2c3cc(OC)c(OC)cc3CC[N+]2(C)CCCCCCCCCCCOC(=O)CC[N+]2(C)CCc3cc(OC)c(OC)cc3C2)cc1OC.[I-].[I-]. The average molecular weight is 1040 g/mol. The highest BCUT2D eigenvalue weighted by molar-refractivity contribution is 5.69. The third-order valence-electron chi connectivity index (χ3n) is 12.6. The van der Waals surface area contributed by atoms with E-state index >= 15 is 0 Å². The van der Waals surface area contributed by atoms with E-state index in [1.165, 1.54) is 72.8 Å². The van der Waals surface area contributed by atoms with Crippen molar-refractivity contribution in [1.29, 1.82) is 0 Å². The first-order valence-corrected chi connectivity index (χ1v) is 21.1. The first-order chi connectivity index (χ1) is 27.6. The molecule has 3 atom stereocenters. The monoisotopic (exact) mass is 1040 g/mol. The highest BCUT2D eigenvalue weighted by Crippen LogP contribution is 2.43. The molecule has 3 aromatic rings. The minimum atomic E-state index is -0.0791. The fourth-order valence-corrected chi connectivity index (χ4v) is 9.01. The zero-order valence-corrected chi connectivity index (χ0v) is 41.3. The van der Waals surface area contributed by atoms with Crippen LogP contribution in [0.4, 0.5) is 0 Å². The van der Waals surface area contributed by atoms with Crippen molar-refractivity contribution >= 4 is 5.97 Å². The van der Waals surface area contributed by atoms with Crippen LogP contribution in [0.15, 0.2) is 42.5 Å². The van der Waals surface area contributed by atoms with E-state index in [0.717, 1.165) is 108 Å². The number of rotatable bonds is 23. The van der Waals surface area contributed by atoms with Gasteiger partial charge in [0.05, 0.1) is 96.0 Å². The van der Waals surface area contributed by atoms with Crippen LogP contribution in [0.1, 0.15) is 98.1 Å². The second kappa shape index (κ2) is 24.7. The van der Waals surface area contributed by atoms with Gasteiger partial charge in [0.2, 0.25) is 0 Å². The number of ether oxygens (including phenoxy) is 7. The molecule has 0 spiro atoms. The first kappa shape index (κ1) is 50.7.